The van der Waals surface area contributed by atoms with Gasteiger partial charge in [0.15, 0.2) is 5.82 Å². The van der Waals surface area contributed by atoms with E-state index < -0.39 is 0 Å². The maximum absolute atomic E-state index is 12.6. The van der Waals surface area contributed by atoms with Crippen LogP contribution < -0.4 is 0 Å². The van der Waals surface area contributed by atoms with Gasteiger partial charge in [-0.15, -0.1) is 0 Å². The first-order valence-corrected chi connectivity index (χ1v) is 10.3. The Bertz CT molecular complexity index is 764. The molecule has 7 heteroatoms. The van der Waals surface area contributed by atoms with Crippen LogP contribution in [-0.2, 0) is 17.8 Å². The third-order valence-electron chi connectivity index (χ3n) is 5.80. The van der Waals surface area contributed by atoms with Crippen LogP contribution in [0.3, 0.4) is 0 Å². The maximum atomic E-state index is 12.6. The minimum Gasteiger partial charge on any atom is -0.341 e. The van der Waals surface area contributed by atoms with Gasteiger partial charge in [-0.1, -0.05) is 35.5 Å². The summed E-state index contributed by atoms with van der Waals surface area (Å²) >= 11 is 0. The van der Waals surface area contributed by atoms with Crippen molar-refractivity contribution in [2.24, 2.45) is 0 Å². The second-order valence-corrected chi connectivity index (χ2v) is 7.79. The molecule has 1 amide bonds. The van der Waals surface area contributed by atoms with E-state index in [0.717, 1.165) is 57.9 Å². The molecular weight excluding hydrogens is 354 g/mol. The lowest BCUT2D eigenvalue weighted by Crippen LogP contribution is -2.54. The molecule has 2 aliphatic heterocycles. The van der Waals surface area contributed by atoms with Crippen LogP contribution in [0.15, 0.2) is 34.9 Å². The van der Waals surface area contributed by atoms with Crippen LogP contribution in [0.25, 0.3) is 0 Å². The molecule has 1 unspecified atom stereocenters. The molecule has 2 aromatic rings. The van der Waals surface area contributed by atoms with Gasteiger partial charge in [0, 0.05) is 45.7 Å². The molecule has 28 heavy (non-hydrogen) atoms. The highest BCUT2D eigenvalue weighted by Gasteiger charge is 2.30. The molecule has 7 nitrogen and oxygen atoms in total. The molecule has 4 rings (SSSR count). The van der Waals surface area contributed by atoms with Crippen molar-refractivity contribution >= 4 is 5.91 Å². The second-order valence-electron chi connectivity index (χ2n) is 7.79. The fraction of sp³-hybridized carbons (Fsp3) is 0.571. The average Bonchev–Trinajstić information content (AvgIpc) is 3.41. The smallest absolute Gasteiger partial charge is 0.240 e. The van der Waals surface area contributed by atoms with E-state index in [1.54, 1.807) is 0 Å². The number of piperazine rings is 1. The Hall–Kier alpha value is -2.25. The van der Waals surface area contributed by atoms with Gasteiger partial charge < -0.3 is 9.42 Å². The third kappa shape index (κ3) is 4.59. The Morgan fingerprint density at radius 3 is 2.50 bits per heavy atom. The lowest BCUT2D eigenvalue weighted by molar-refractivity contribution is -0.136. The zero-order valence-corrected chi connectivity index (χ0v) is 16.6. The fourth-order valence-electron chi connectivity index (χ4n) is 4.06. The number of amides is 1. The standard InChI is InChI=1S/C21H29N5O2/c1-17(21(27)26-9-5-6-10-26)25-13-11-24(12-14-25)16-20-22-19(23-28-20)15-18-7-3-2-4-8-18/h2-4,7-8,17H,5-6,9-16H2,1H3. The van der Waals surface area contributed by atoms with Crippen molar-refractivity contribution in [3.63, 3.8) is 0 Å². The summed E-state index contributed by atoms with van der Waals surface area (Å²) < 4.78 is 5.44. The highest BCUT2D eigenvalue weighted by atomic mass is 16.5. The predicted molar refractivity (Wildman–Crippen MR) is 106 cm³/mol. The van der Waals surface area contributed by atoms with Crippen molar-refractivity contribution in [1.82, 2.24) is 24.8 Å². The first-order valence-electron chi connectivity index (χ1n) is 10.3. The van der Waals surface area contributed by atoms with Gasteiger partial charge in [0.05, 0.1) is 12.6 Å². The molecule has 3 heterocycles. The van der Waals surface area contributed by atoms with Crippen LogP contribution in [0.2, 0.25) is 0 Å². The molecule has 1 aromatic carbocycles. The fourth-order valence-corrected chi connectivity index (χ4v) is 4.06. The number of likely N-dealkylation sites (tertiary alicyclic amines) is 1. The molecular formula is C21H29N5O2. The molecule has 1 aromatic heterocycles. The molecule has 0 spiro atoms. The van der Waals surface area contributed by atoms with E-state index in [1.165, 1.54) is 5.56 Å². The zero-order chi connectivity index (χ0) is 19.3. The van der Waals surface area contributed by atoms with Gasteiger partial charge in [-0.2, -0.15) is 4.98 Å². The Balaban J connectivity index is 1.25. The molecule has 2 aliphatic rings. The first kappa shape index (κ1) is 19.1. The molecule has 0 aliphatic carbocycles. The summed E-state index contributed by atoms with van der Waals surface area (Å²) in [6.45, 7) is 8.17. The van der Waals surface area contributed by atoms with E-state index in [1.807, 2.05) is 30.0 Å². The van der Waals surface area contributed by atoms with Gasteiger partial charge >= 0.3 is 0 Å². The molecule has 0 radical (unpaired) electrons. The Labute approximate surface area is 166 Å². The van der Waals surface area contributed by atoms with Crippen molar-refractivity contribution in [3.05, 3.63) is 47.6 Å². The van der Waals surface area contributed by atoms with Gasteiger partial charge in [-0.3, -0.25) is 14.6 Å². The number of benzene rings is 1. The van der Waals surface area contributed by atoms with Crippen LogP contribution in [0.1, 0.15) is 37.0 Å². The molecule has 0 N–H and O–H groups in total. The maximum Gasteiger partial charge on any atom is 0.240 e. The largest absolute Gasteiger partial charge is 0.341 e. The van der Waals surface area contributed by atoms with E-state index >= 15 is 0 Å². The molecule has 0 bridgehead atoms. The van der Waals surface area contributed by atoms with Crippen molar-refractivity contribution < 1.29 is 9.32 Å². The summed E-state index contributed by atoms with van der Waals surface area (Å²) in [7, 11) is 0. The topological polar surface area (TPSA) is 65.7 Å². The first-order chi connectivity index (χ1) is 13.7. The summed E-state index contributed by atoms with van der Waals surface area (Å²) in [5.74, 6) is 1.68. The summed E-state index contributed by atoms with van der Waals surface area (Å²) in [6.07, 6.45) is 2.97. The van der Waals surface area contributed by atoms with Crippen molar-refractivity contribution in [1.29, 1.82) is 0 Å². The molecule has 2 saturated heterocycles. The number of hydrogen-bond acceptors (Lipinski definition) is 6. The predicted octanol–water partition coefficient (Wildman–Crippen LogP) is 1.79. The number of carbonyl (C=O) groups excluding carboxylic acids is 1. The van der Waals surface area contributed by atoms with E-state index in [9.17, 15) is 4.79 Å². The minimum absolute atomic E-state index is 0.0267. The van der Waals surface area contributed by atoms with Crippen molar-refractivity contribution in [2.75, 3.05) is 39.3 Å². The SMILES string of the molecule is CC(C(=O)N1CCCC1)N1CCN(Cc2nc(Cc3ccccc3)no2)CC1. The lowest BCUT2D eigenvalue weighted by Gasteiger charge is -2.37. The quantitative estimate of drug-likeness (QED) is 0.758. The molecule has 2 fully saturated rings. The van der Waals surface area contributed by atoms with E-state index in [4.69, 9.17) is 4.52 Å². The van der Waals surface area contributed by atoms with Gasteiger partial charge in [0.2, 0.25) is 11.8 Å². The molecule has 150 valence electrons. The van der Waals surface area contributed by atoms with Crippen molar-refractivity contribution in [3.8, 4) is 0 Å². The highest BCUT2D eigenvalue weighted by molar-refractivity contribution is 5.81. The monoisotopic (exact) mass is 383 g/mol. The summed E-state index contributed by atoms with van der Waals surface area (Å²) in [5.41, 5.74) is 1.18. The van der Waals surface area contributed by atoms with Gasteiger partial charge in [0.1, 0.15) is 0 Å². The van der Waals surface area contributed by atoms with Crippen LogP contribution in [0, 0.1) is 0 Å². The second kappa shape index (κ2) is 8.84. The number of nitrogens with zero attached hydrogens (tertiary/aromatic N) is 5. The van der Waals surface area contributed by atoms with Crippen LogP contribution in [-0.4, -0.2) is 76.1 Å². The van der Waals surface area contributed by atoms with Gasteiger partial charge in [0.25, 0.3) is 0 Å². The van der Waals surface area contributed by atoms with Crippen LogP contribution >= 0.6 is 0 Å². The normalized spacial score (nSPS) is 19.8. The third-order valence-corrected chi connectivity index (χ3v) is 5.80. The van der Waals surface area contributed by atoms with Crippen molar-refractivity contribution in [2.45, 2.75) is 38.8 Å². The van der Waals surface area contributed by atoms with E-state index in [2.05, 4.69) is 32.1 Å². The summed E-state index contributed by atoms with van der Waals surface area (Å²) in [6, 6.07) is 10.2. The van der Waals surface area contributed by atoms with Crippen LogP contribution in [0.4, 0.5) is 0 Å². The Morgan fingerprint density at radius 2 is 1.79 bits per heavy atom. The summed E-state index contributed by atoms with van der Waals surface area (Å²) in [5, 5.41) is 4.11. The van der Waals surface area contributed by atoms with Gasteiger partial charge in [-0.05, 0) is 25.3 Å². The number of hydrogen-bond donors (Lipinski definition) is 0. The lowest BCUT2D eigenvalue weighted by atomic mass is 10.1. The Morgan fingerprint density at radius 1 is 1.07 bits per heavy atom. The minimum atomic E-state index is -0.0267. The number of aromatic nitrogens is 2. The van der Waals surface area contributed by atoms with Gasteiger partial charge in [-0.25, -0.2) is 0 Å². The van der Waals surface area contributed by atoms with E-state index in [-0.39, 0.29) is 11.9 Å². The van der Waals surface area contributed by atoms with E-state index in [0.29, 0.717) is 18.9 Å². The number of carbonyl (C=O) groups is 1. The molecule has 1 atom stereocenters. The molecule has 0 saturated carbocycles. The van der Waals surface area contributed by atoms with Crippen LogP contribution in [0.5, 0.6) is 0 Å². The summed E-state index contributed by atoms with van der Waals surface area (Å²) in [4.78, 5) is 23.8. The number of rotatable bonds is 6. The highest BCUT2D eigenvalue weighted by Crippen LogP contribution is 2.15. The zero-order valence-electron chi connectivity index (χ0n) is 16.6. The average molecular weight is 383 g/mol. The Kier molecular flexibility index (Phi) is 6.02.